The average molecular weight is 569 g/mol. The zero-order chi connectivity index (χ0) is 29.7. The smallest absolute Gasteiger partial charge is 0.338 e. The summed E-state index contributed by atoms with van der Waals surface area (Å²) < 4.78 is 24.5. The molecule has 1 heterocycles. The average Bonchev–Trinajstić information content (AvgIpc) is 3.62. The highest BCUT2D eigenvalue weighted by molar-refractivity contribution is 5.89. The summed E-state index contributed by atoms with van der Waals surface area (Å²) in [5.41, 5.74) is -3.05. The molecule has 9 nitrogen and oxygen atoms in total. The fourth-order valence-electron chi connectivity index (χ4n) is 9.06. The van der Waals surface area contributed by atoms with Gasteiger partial charge in [0.1, 0.15) is 23.9 Å². The fourth-order valence-corrected chi connectivity index (χ4v) is 9.06. The van der Waals surface area contributed by atoms with E-state index >= 15 is 0 Å². The highest BCUT2D eigenvalue weighted by atomic mass is 16.6. The lowest BCUT2D eigenvalue weighted by atomic mass is 9.47. The Morgan fingerprint density at radius 2 is 1.71 bits per heavy atom. The summed E-state index contributed by atoms with van der Waals surface area (Å²) in [7, 11) is 0. The lowest BCUT2D eigenvalue weighted by Crippen LogP contribution is -2.78. The molecule has 4 aliphatic carbocycles. The van der Waals surface area contributed by atoms with E-state index in [2.05, 4.69) is 0 Å². The topological polar surface area (TPSA) is 129 Å². The highest BCUT2D eigenvalue weighted by Gasteiger charge is 2.83. The summed E-state index contributed by atoms with van der Waals surface area (Å²) in [5, 5.41) is 25.4. The molecule has 2 bridgehead atoms. The number of esters is 3. The predicted octanol–water partition coefficient (Wildman–Crippen LogP) is 3.36. The highest BCUT2D eigenvalue weighted by Crippen LogP contribution is 2.75. The molecule has 1 spiro atoms. The van der Waals surface area contributed by atoms with Gasteiger partial charge in [-0.2, -0.15) is 0 Å². The first-order valence-corrected chi connectivity index (χ1v) is 14.6. The molecule has 222 valence electrons. The number of hydrogen-bond donors (Lipinski definition) is 2. The van der Waals surface area contributed by atoms with Crippen LogP contribution in [0, 0.1) is 28.6 Å². The van der Waals surface area contributed by atoms with E-state index in [9.17, 15) is 24.6 Å². The first-order chi connectivity index (χ1) is 19.2. The zero-order valence-electron chi connectivity index (χ0n) is 24.5. The predicted molar refractivity (Wildman–Crippen MR) is 145 cm³/mol. The van der Waals surface area contributed by atoms with E-state index in [4.69, 9.17) is 18.9 Å². The van der Waals surface area contributed by atoms with Crippen molar-refractivity contribution >= 4 is 17.9 Å². The minimum absolute atomic E-state index is 0.0501. The minimum atomic E-state index is -1.67. The third-order valence-corrected chi connectivity index (χ3v) is 11.2. The molecule has 9 heteroatoms. The van der Waals surface area contributed by atoms with E-state index in [1.807, 2.05) is 27.7 Å². The number of rotatable bonds is 4. The number of benzene rings is 1. The molecule has 1 unspecified atom stereocenters. The van der Waals surface area contributed by atoms with Crippen molar-refractivity contribution in [2.45, 2.75) is 96.4 Å². The van der Waals surface area contributed by atoms with E-state index < -0.39 is 70.3 Å². The second-order valence-electron chi connectivity index (χ2n) is 13.5. The molecule has 0 aromatic heterocycles. The molecule has 2 N–H and O–H groups in total. The third kappa shape index (κ3) is 3.74. The number of hydrogen-bond acceptors (Lipinski definition) is 9. The normalized spacial score (nSPS) is 43.6. The van der Waals surface area contributed by atoms with Crippen LogP contribution in [0.25, 0.3) is 0 Å². The maximum atomic E-state index is 13.8. The van der Waals surface area contributed by atoms with E-state index in [0.717, 1.165) is 5.57 Å². The summed E-state index contributed by atoms with van der Waals surface area (Å²) in [5.74, 6) is -2.74. The molecular formula is C32H40O9. The van der Waals surface area contributed by atoms with Gasteiger partial charge in [-0.15, -0.1) is 0 Å². The third-order valence-electron chi connectivity index (χ3n) is 11.2. The van der Waals surface area contributed by atoms with Gasteiger partial charge >= 0.3 is 17.9 Å². The number of carbonyl (C=O) groups excluding carboxylic acids is 3. The van der Waals surface area contributed by atoms with Crippen molar-refractivity contribution in [1.82, 2.24) is 0 Å². The van der Waals surface area contributed by atoms with Crippen molar-refractivity contribution in [3.63, 3.8) is 0 Å². The fraction of sp³-hybridized carbons (Fsp3) is 0.656. The van der Waals surface area contributed by atoms with Gasteiger partial charge in [0.25, 0.3) is 0 Å². The van der Waals surface area contributed by atoms with Crippen molar-refractivity contribution in [3.05, 3.63) is 47.0 Å². The number of allylic oxidation sites excluding steroid dienone is 1. The van der Waals surface area contributed by atoms with E-state index in [1.165, 1.54) is 13.8 Å². The molecule has 6 rings (SSSR count). The molecular weight excluding hydrogens is 528 g/mol. The Morgan fingerprint density at radius 1 is 1.02 bits per heavy atom. The lowest BCUT2D eigenvalue weighted by Gasteiger charge is -2.65. The number of aliphatic hydroxyl groups excluding tert-OH is 1. The first-order valence-electron chi connectivity index (χ1n) is 14.6. The van der Waals surface area contributed by atoms with Crippen LogP contribution < -0.4 is 0 Å². The summed E-state index contributed by atoms with van der Waals surface area (Å²) in [4.78, 5) is 38.9. The molecule has 1 aromatic carbocycles. The van der Waals surface area contributed by atoms with E-state index in [0.29, 0.717) is 24.0 Å². The molecule has 5 aliphatic rings. The van der Waals surface area contributed by atoms with Crippen LogP contribution in [0.5, 0.6) is 0 Å². The van der Waals surface area contributed by atoms with Gasteiger partial charge in [-0.1, -0.05) is 44.5 Å². The van der Waals surface area contributed by atoms with Gasteiger partial charge in [0.15, 0.2) is 11.7 Å². The van der Waals surface area contributed by atoms with E-state index in [1.54, 1.807) is 30.3 Å². The van der Waals surface area contributed by atoms with Crippen molar-refractivity contribution in [1.29, 1.82) is 0 Å². The van der Waals surface area contributed by atoms with Gasteiger partial charge in [-0.3, -0.25) is 9.59 Å². The van der Waals surface area contributed by atoms with Crippen LogP contribution in [-0.2, 0) is 28.5 Å². The van der Waals surface area contributed by atoms with Gasteiger partial charge in [0.05, 0.1) is 18.1 Å². The van der Waals surface area contributed by atoms with Crippen LogP contribution in [0.3, 0.4) is 0 Å². The Kier molecular flexibility index (Phi) is 6.31. The lowest BCUT2D eigenvalue weighted by molar-refractivity contribution is -0.335. The molecule has 0 radical (unpaired) electrons. The van der Waals surface area contributed by atoms with Crippen LogP contribution in [0.2, 0.25) is 0 Å². The van der Waals surface area contributed by atoms with Gasteiger partial charge in [0.2, 0.25) is 0 Å². The van der Waals surface area contributed by atoms with Crippen LogP contribution in [0.15, 0.2) is 41.5 Å². The molecule has 3 saturated carbocycles. The number of aliphatic hydroxyl groups is 2. The molecule has 4 fully saturated rings. The molecule has 1 aromatic rings. The maximum absolute atomic E-state index is 13.8. The van der Waals surface area contributed by atoms with Crippen molar-refractivity contribution in [2.75, 3.05) is 6.61 Å². The molecule has 10 atom stereocenters. The Hall–Kier alpha value is -2.75. The molecule has 1 saturated heterocycles. The van der Waals surface area contributed by atoms with Crippen molar-refractivity contribution < 1.29 is 43.5 Å². The van der Waals surface area contributed by atoms with Crippen LogP contribution >= 0.6 is 0 Å². The second kappa shape index (κ2) is 9.12. The van der Waals surface area contributed by atoms with Gasteiger partial charge in [0, 0.05) is 24.7 Å². The Bertz CT molecular complexity index is 1320. The summed E-state index contributed by atoms with van der Waals surface area (Å²) in [6, 6.07) is 8.58. The van der Waals surface area contributed by atoms with Crippen molar-refractivity contribution in [2.24, 2.45) is 28.6 Å². The SMILES string of the molecule is CC(=O)O[C@@H]1C2=C(C)[C@@H](C)C[C@@](O)([C@@H](OC(=O)c3ccccc3)[C@@H]3[C@]4(OC(C)=O)CO[C@@H]4C[C@@H]4C[C@@]43C1O)C2(C)C. The second-order valence-corrected chi connectivity index (χ2v) is 13.5. The first kappa shape index (κ1) is 28.4. The number of ether oxygens (including phenoxy) is 4. The monoisotopic (exact) mass is 568 g/mol. The van der Waals surface area contributed by atoms with Gasteiger partial charge in [-0.25, -0.2) is 4.79 Å². The Morgan fingerprint density at radius 3 is 2.29 bits per heavy atom. The molecule has 1 aliphatic heterocycles. The largest absolute Gasteiger partial charge is 0.455 e. The summed E-state index contributed by atoms with van der Waals surface area (Å²) in [6.45, 7) is 10.3. The summed E-state index contributed by atoms with van der Waals surface area (Å²) in [6.07, 6.45) is -2.54. The molecule has 0 amide bonds. The number of fused-ring (bicyclic) bond motifs is 4. The zero-order valence-corrected chi connectivity index (χ0v) is 24.5. The van der Waals surface area contributed by atoms with E-state index in [-0.39, 0.29) is 24.9 Å². The standard InChI is InChI=1S/C32H40O9/c1-16-13-32(37)27(40-28(36)20-10-8-7-9-11-20)25-30(14-21(30)12-22-31(25,15-38-22)41-19(4)34)26(35)24(39-18(3)33)23(17(16)2)29(32,5)6/h7-11,16,21-22,24-27,35,37H,12-15H2,1-6H3/t16-,21+,22+,24+,25-,26?,27-,30+,31-,32+/m0/s1. The Balaban J connectivity index is 1.62. The Labute approximate surface area is 240 Å². The maximum Gasteiger partial charge on any atom is 0.338 e. The van der Waals surface area contributed by atoms with Crippen LogP contribution in [0.4, 0.5) is 0 Å². The minimum Gasteiger partial charge on any atom is -0.455 e. The number of carbonyl (C=O) groups is 3. The van der Waals surface area contributed by atoms with Crippen LogP contribution in [0.1, 0.15) is 71.2 Å². The molecule has 41 heavy (non-hydrogen) atoms. The van der Waals surface area contributed by atoms with Crippen LogP contribution in [-0.4, -0.2) is 70.3 Å². The van der Waals surface area contributed by atoms with Gasteiger partial charge < -0.3 is 29.2 Å². The van der Waals surface area contributed by atoms with Crippen molar-refractivity contribution in [3.8, 4) is 0 Å². The van der Waals surface area contributed by atoms with Gasteiger partial charge in [-0.05, 0) is 55.7 Å². The summed E-state index contributed by atoms with van der Waals surface area (Å²) >= 11 is 0. The quantitative estimate of drug-likeness (QED) is 0.319.